The van der Waals surface area contributed by atoms with Crippen molar-refractivity contribution in [3.8, 4) is 11.1 Å². The molecular weight excluding hydrogens is 426 g/mol. The number of hydrogen-bond donors (Lipinski definition) is 0. The summed E-state index contributed by atoms with van der Waals surface area (Å²) in [4.78, 5) is 22.4. The summed E-state index contributed by atoms with van der Waals surface area (Å²) in [7, 11) is 4.12. The Morgan fingerprint density at radius 2 is 1.58 bits per heavy atom. The number of nitrogens with zero attached hydrogens (tertiary/aromatic N) is 3. The van der Waals surface area contributed by atoms with Gasteiger partial charge in [0.15, 0.2) is 5.13 Å². The van der Waals surface area contributed by atoms with E-state index < -0.39 is 0 Å². The van der Waals surface area contributed by atoms with Crippen LogP contribution in [0.4, 0.5) is 5.13 Å². The Balaban J connectivity index is 1.56. The number of thiazole rings is 1. The number of hydrogen-bond acceptors (Lipinski definition) is 4. The summed E-state index contributed by atoms with van der Waals surface area (Å²) in [5.41, 5.74) is 6.78. The first-order valence-electron chi connectivity index (χ1n) is 11.4. The molecular formula is C28H31N3OS. The average molecular weight is 458 g/mol. The zero-order valence-corrected chi connectivity index (χ0v) is 20.7. The Hall–Kier alpha value is -3.02. The number of rotatable bonds is 8. The van der Waals surface area contributed by atoms with Crippen molar-refractivity contribution in [2.24, 2.45) is 0 Å². The molecule has 0 fully saturated rings. The standard InChI is InChI=1S/C28H31N3OS/c1-20-11-16-25-27(21(20)2)29-28(33-25)31(18-8-17-30(3)4)26(32)19-22-12-14-24(15-13-22)23-9-6-5-7-10-23/h5-7,9-16H,8,17-19H2,1-4H3. The van der Waals surface area contributed by atoms with Crippen LogP contribution in [0.3, 0.4) is 0 Å². The first-order chi connectivity index (χ1) is 15.9. The lowest BCUT2D eigenvalue weighted by Gasteiger charge is -2.21. The molecule has 33 heavy (non-hydrogen) atoms. The Bertz CT molecular complexity index is 1230. The molecule has 5 heteroatoms. The number of carbonyl (C=O) groups is 1. The monoisotopic (exact) mass is 457 g/mol. The lowest BCUT2D eigenvalue weighted by molar-refractivity contribution is -0.118. The zero-order chi connectivity index (χ0) is 23.4. The Morgan fingerprint density at radius 3 is 2.27 bits per heavy atom. The fourth-order valence-electron chi connectivity index (χ4n) is 3.92. The van der Waals surface area contributed by atoms with Crippen molar-refractivity contribution >= 4 is 32.6 Å². The number of fused-ring (bicyclic) bond motifs is 1. The van der Waals surface area contributed by atoms with E-state index in [4.69, 9.17) is 4.98 Å². The summed E-state index contributed by atoms with van der Waals surface area (Å²) in [5, 5.41) is 0.795. The molecule has 0 unspecified atom stereocenters. The maximum atomic E-state index is 13.5. The van der Waals surface area contributed by atoms with Gasteiger partial charge in [-0.05, 0) is 74.8 Å². The Morgan fingerprint density at radius 1 is 0.879 bits per heavy atom. The first kappa shape index (κ1) is 23.1. The molecule has 0 saturated heterocycles. The molecule has 0 aliphatic heterocycles. The van der Waals surface area contributed by atoms with Gasteiger partial charge in [-0.2, -0.15) is 0 Å². The zero-order valence-electron chi connectivity index (χ0n) is 19.8. The van der Waals surface area contributed by atoms with Gasteiger partial charge in [0.1, 0.15) is 0 Å². The van der Waals surface area contributed by atoms with E-state index >= 15 is 0 Å². The van der Waals surface area contributed by atoms with Crippen LogP contribution in [0.1, 0.15) is 23.1 Å². The highest BCUT2D eigenvalue weighted by atomic mass is 32.1. The third kappa shape index (κ3) is 5.49. The van der Waals surface area contributed by atoms with E-state index in [1.807, 2.05) is 23.1 Å². The van der Waals surface area contributed by atoms with Gasteiger partial charge < -0.3 is 4.90 Å². The van der Waals surface area contributed by atoms with Crippen molar-refractivity contribution in [1.82, 2.24) is 9.88 Å². The number of aryl methyl sites for hydroxylation is 2. The molecule has 0 radical (unpaired) electrons. The number of aromatic nitrogens is 1. The lowest BCUT2D eigenvalue weighted by Crippen LogP contribution is -2.34. The summed E-state index contributed by atoms with van der Waals surface area (Å²) in [6.45, 7) is 5.80. The highest BCUT2D eigenvalue weighted by Gasteiger charge is 2.21. The largest absolute Gasteiger partial charge is 0.309 e. The molecule has 0 N–H and O–H groups in total. The van der Waals surface area contributed by atoms with E-state index in [1.54, 1.807) is 11.3 Å². The smallest absolute Gasteiger partial charge is 0.233 e. The van der Waals surface area contributed by atoms with Gasteiger partial charge >= 0.3 is 0 Å². The highest BCUT2D eigenvalue weighted by molar-refractivity contribution is 7.22. The third-order valence-corrected chi connectivity index (χ3v) is 7.05. The normalized spacial score (nSPS) is 11.3. The highest BCUT2D eigenvalue weighted by Crippen LogP contribution is 2.32. The minimum absolute atomic E-state index is 0.0923. The fraction of sp³-hybridized carbons (Fsp3) is 0.286. The van der Waals surface area contributed by atoms with Crippen LogP contribution in [0.2, 0.25) is 0 Å². The second-order valence-corrected chi connectivity index (χ2v) is 9.80. The molecule has 0 aliphatic rings. The van der Waals surface area contributed by atoms with Gasteiger partial charge in [0.05, 0.1) is 16.6 Å². The van der Waals surface area contributed by atoms with E-state index in [1.165, 1.54) is 16.7 Å². The second-order valence-electron chi connectivity index (χ2n) is 8.79. The van der Waals surface area contributed by atoms with Gasteiger partial charge in [-0.15, -0.1) is 0 Å². The summed E-state index contributed by atoms with van der Waals surface area (Å²) >= 11 is 1.61. The van der Waals surface area contributed by atoms with Gasteiger partial charge in [0.25, 0.3) is 0 Å². The summed E-state index contributed by atoms with van der Waals surface area (Å²) < 4.78 is 1.13. The molecule has 0 bridgehead atoms. The molecule has 1 aromatic heterocycles. The van der Waals surface area contributed by atoms with Crippen molar-refractivity contribution in [3.63, 3.8) is 0 Å². The maximum absolute atomic E-state index is 13.5. The topological polar surface area (TPSA) is 36.4 Å². The molecule has 0 aliphatic carbocycles. The lowest BCUT2D eigenvalue weighted by atomic mass is 10.0. The van der Waals surface area contributed by atoms with Gasteiger partial charge in [-0.3, -0.25) is 9.69 Å². The van der Waals surface area contributed by atoms with Crippen LogP contribution in [-0.4, -0.2) is 43.0 Å². The van der Waals surface area contributed by atoms with Crippen molar-refractivity contribution in [2.75, 3.05) is 32.1 Å². The Labute approximate surface area is 200 Å². The average Bonchev–Trinajstić information content (AvgIpc) is 3.25. The van der Waals surface area contributed by atoms with Crippen LogP contribution < -0.4 is 4.90 Å². The van der Waals surface area contributed by atoms with Crippen LogP contribution in [0.25, 0.3) is 21.3 Å². The molecule has 4 aromatic rings. The number of anilines is 1. The van der Waals surface area contributed by atoms with E-state index in [0.717, 1.165) is 39.4 Å². The van der Waals surface area contributed by atoms with Crippen LogP contribution in [0.5, 0.6) is 0 Å². The van der Waals surface area contributed by atoms with Gasteiger partial charge in [-0.25, -0.2) is 4.98 Å². The molecule has 3 aromatic carbocycles. The van der Waals surface area contributed by atoms with Crippen molar-refractivity contribution in [1.29, 1.82) is 0 Å². The fourth-order valence-corrected chi connectivity index (χ4v) is 4.99. The quantitative estimate of drug-likeness (QED) is 0.320. The number of amides is 1. The summed E-state index contributed by atoms with van der Waals surface area (Å²) in [5.74, 6) is 0.0923. The Kier molecular flexibility index (Phi) is 7.21. The SMILES string of the molecule is Cc1ccc2sc(N(CCCN(C)C)C(=O)Cc3ccc(-c4ccccc4)cc3)nc2c1C. The van der Waals surface area contributed by atoms with Crippen LogP contribution in [0.15, 0.2) is 66.7 Å². The first-order valence-corrected chi connectivity index (χ1v) is 12.2. The van der Waals surface area contributed by atoms with E-state index in [9.17, 15) is 4.79 Å². The van der Waals surface area contributed by atoms with E-state index in [-0.39, 0.29) is 5.91 Å². The predicted molar refractivity (Wildman–Crippen MR) is 140 cm³/mol. The predicted octanol–water partition coefficient (Wildman–Crippen LogP) is 6.11. The number of carbonyl (C=O) groups excluding carboxylic acids is 1. The minimum atomic E-state index is 0.0923. The summed E-state index contributed by atoms with van der Waals surface area (Å²) in [6, 6.07) is 22.9. The third-order valence-electron chi connectivity index (χ3n) is 6.01. The van der Waals surface area contributed by atoms with Crippen LogP contribution in [0, 0.1) is 13.8 Å². The summed E-state index contributed by atoms with van der Waals surface area (Å²) in [6.07, 6.45) is 1.27. The molecule has 0 atom stereocenters. The minimum Gasteiger partial charge on any atom is -0.309 e. The van der Waals surface area contributed by atoms with Crippen LogP contribution in [-0.2, 0) is 11.2 Å². The van der Waals surface area contributed by atoms with Crippen molar-refractivity contribution in [2.45, 2.75) is 26.7 Å². The van der Waals surface area contributed by atoms with E-state index in [2.05, 4.69) is 81.4 Å². The van der Waals surface area contributed by atoms with Crippen molar-refractivity contribution in [3.05, 3.63) is 83.4 Å². The molecule has 4 rings (SSSR count). The van der Waals surface area contributed by atoms with Gasteiger partial charge in [0, 0.05) is 6.54 Å². The number of benzene rings is 3. The molecule has 1 heterocycles. The second kappa shape index (κ2) is 10.3. The molecule has 0 saturated carbocycles. The van der Waals surface area contributed by atoms with Crippen LogP contribution >= 0.6 is 11.3 Å². The van der Waals surface area contributed by atoms with Gasteiger partial charge in [-0.1, -0.05) is 72.0 Å². The maximum Gasteiger partial charge on any atom is 0.233 e. The molecule has 170 valence electrons. The van der Waals surface area contributed by atoms with E-state index in [0.29, 0.717) is 13.0 Å². The molecule has 1 amide bonds. The molecule has 0 spiro atoms. The van der Waals surface area contributed by atoms with Gasteiger partial charge in [0.2, 0.25) is 5.91 Å². The molecule has 4 nitrogen and oxygen atoms in total. The van der Waals surface area contributed by atoms with Crippen molar-refractivity contribution < 1.29 is 4.79 Å².